The van der Waals surface area contributed by atoms with E-state index in [1.807, 2.05) is 13.8 Å². The summed E-state index contributed by atoms with van der Waals surface area (Å²) >= 11 is 0. The molecule has 0 unspecified atom stereocenters. The van der Waals surface area contributed by atoms with Gasteiger partial charge in [-0.15, -0.1) is 0 Å². The van der Waals surface area contributed by atoms with Gasteiger partial charge >= 0.3 is 0 Å². The molecule has 0 bridgehead atoms. The third kappa shape index (κ3) is 2.53. The third-order valence-electron chi connectivity index (χ3n) is 3.97. The van der Waals surface area contributed by atoms with Gasteiger partial charge in [-0.1, -0.05) is 6.07 Å². The van der Waals surface area contributed by atoms with E-state index in [0.717, 1.165) is 12.1 Å². The lowest BCUT2D eigenvalue weighted by Gasteiger charge is -2.54. The van der Waals surface area contributed by atoms with E-state index in [9.17, 15) is 13.6 Å². The van der Waals surface area contributed by atoms with E-state index < -0.39 is 28.9 Å². The molecule has 0 aliphatic carbocycles. The van der Waals surface area contributed by atoms with Crippen molar-refractivity contribution in [1.82, 2.24) is 4.90 Å². The molecule has 2 fully saturated rings. The van der Waals surface area contributed by atoms with Crippen molar-refractivity contribution < 1.29 is 23.0 Å². The maximum Gasteiger partial charge on any atom is 0.259 e. The van der Waals surface area contributed by atoms with Gasteiger partial charge in [-0.05, 0) is 26.0 Å². The fourth-order valence-electron chi connectivity index (χ4n) is 2.69. The zero-order valence-corrected chi connectivity index (χ0v) is 12.0. The summed E-state index contributed by atoms with van der Waals surface area (Å²) in [5.74, 6) is -2.91. The average Bonchev–Trinajstić information content (AvgIpc) is 2.36. The molecule has 1 aromatic carbocycles. The van der Waals surface area contributed by atoms with Gasteiger partial charge in [0.15, 0.2) is 5.79 Å². The zero-order valence-electron chi connectivity index (χ0n) is 12.0. The van der Waals surface area contributed by atoms with E-state index in [1.165, 1.54) is 11.0 Å². The molecule has 2 heterocycles. The number of benzene rings is 1. The molecule has 114 valence electrons. The second kappa shape index (κ2) is 4.74. The number of ether oxygens (including phenoxy) is 2. The first-order valence-corrected chi connectivity index (χ1v) is 6.83. The van der Waals surface area contributed by atoms with Crippen molar-refractivity contribution in [1.29, 1.82) is 0 Å². The molecule has 0 radical (unpaired) electrons. The largest absolute Gasteiger partial charge is 0.350 e. The lowest BCUT2D eigenvalue weighted by molar-refractivity contribution is -0.301. The Bertz CT molecular complexity index is 550. The van der Waals surface area contributed by atoms with Crippen molar-refractivity contribution in [2.45, 2.75) is 19.6 Å². The quantitative estimate of drug-likeness (QED) is 0.797. The van der Waals surface area contributed by atoms with E-state index in [-0.39, 0.29) is 5.41 Å². The summed E-state index contributed by atoms with van der Waals surface area (Å²) in [4.78, 5) is 13.6. The molecule has 0 aromatic heterocycles. The van der Waals surface area contributed by atoms with Crippen molar-refractivity contribution >= 4 is 5.91 Å². The molecular weight excluding hydrogens is 280 g/mol. The van der Waals surface area contributed by atoms with Crippen LogP contribution >= 0.6 is 0 Å². The molecule has 1 aromatic rings. The molecule has 4 nitrogen and oxygen atoms in total. The first-order chi connectivity index (χ1) is 9.82. The molecule has 6 heteroatoms. The summed E-state index contributed by atoms with van der Waals surface area (Å²) in [6, 6.07) is 3.41. The van der Waals surface area contributed by atoms with Crippen molar-refractivity contribution in [3.63, 3.8) is 0 Å². The summed E-state index contributed by atoms with van der Waals surface area (Å²) < 4.78 is 38.4. The summed E-state index contributed by atoms with van der Waals surface area (Å²) in [5.41, 5.74) is -0.752. The number of hydrogen-bond acceptors (Lipinski definition) is 3. The minimum absolute atomic E-state index is 0.257. The average molecular weight is 297 g/mol. The summed E-state index contributed by atoms with van der Waals surface area (Å²) in [6.45, 7) is 5.38. The van der Waals surface area contributed by atoms with Gasteiger partial charge in [-0.2, -0.15) is 0 Å². The molecule has 0 N–H and O–H groups in total. The van der Waals surface area contributed by atoms with E-state index in [0.29, 0.717) is 26.3 Å². The number of halogens is 2. The van der Waals surface area contributed by atoms with Gasteiger partial charge in [0, 0.05) is 13.1 Å². The molecule has 1 spiro atoms. The van der Waals surface area contributed by atoms with Crippen LogP contribution in [-0.2, 0) is 9.47 Å². The molecule has 0 atom stereocenters. The lowest BCUT2D eigenvalue weighted by Crippen LogP contribution is -2.66. The number of hydrogen-bond donors (Lipinski definition) is 0. The van der Waals surface area contributed by atoms with Gasteiger partial charge in [0.25, 0.3) is 5.91 Å². The van der Waals surface area contributed by atoms with Gasteiger partial charge in [0.05, 0.1) is 18.6 Å². The van der Waals surface area contributed by atoms with Crippen LogP contribution in [0.25, 0.3) is 0 Å². The predicted molar refractivity (Wildman–Crippen MR) is 70.7 cm³/mol. The summed E-state index contributed by atoms with van der Waals surface area (Å²) in [7, 11) is 0. The Morgan fingerprint density at radius 1 is 1.14 bits per heavy atom. The Kier molecular flexibility index (Phi) is 3.26. The SMILES string of the molecule is CC1(C)OCC2(CO1)CN(C(=O)c1c(F)cccc1F)C2. The number of carbonyl (C=O) groups is 1. The van der Waals surface area contributed by atoms with Crippen LogP contribution in [0.1, 0.15) is 24.2 Å². The van der Waals surface area contributed by atoms with Crippen LogP contribution in [0.15, 0.2) is 18.2 Å². The van der Waals surface area contributed by atoms with Crippen LogP contribution in [0.3, 0.4) is 0 Å². The van der Waals surface area contributed by atoms with Crippen LogP contribution in [0.2, 0.25) is 0 Å². The van der Waals surface area contributed by atoms with Crippen LogP contribution < -0.4 is 0 Å². The minimum atomic E-state index is -0.835. The smallest absolute Gasteiger partial charge is 0.259 e. The monoisotopic (exact) mass is 297 g/mol. The van der Waals surface area contributed by atoms with Crippen LogP contribution in [0.4, 0.5) is 8.78 Å². The molecule has 2 saturated heterocycles. The molecule has 1 amide bonds. The van der Waals surface area contributed by atoms with Crippen molar-refractivity contribution in [2.75, 3.05) is 26.3 Å². The summed E-state index contributed by atoms with van der Waals surface area (Å²) in [5, 5.41) is 0. The topological polar surface area (TPSA) is 38.8 Å². The fraction of sp³-hybridized carbons (Fsp3) is 0.533. The first kappa shape index (κ1) is 14.4. The molecule has 3 rings (SSSR count). The third-order valence-corrected chi connectivity index (χ3v) is 3.97. The van der Waals surface area contributed by atoms with E-state index in [4.69, 9.17) is 9.47 Å². The number of rotatable bonds is 1. The van der Waals surface area contributed by atoms with E-state index in [1.54, 1.807) is 0 Å². The van der Waals surface area contributed by atoms with Crippen molar-refractivity contribution in [3.05, 3.63) is 35.4 Å². The van der Waals surface area contributed by atoms with Crippen molar-refractivity contribution in [3.8, 4) is 0 Å². The maximum atomic E-state index is 13.6. The maximum absolute atomic E-state index is 13.6. The predicted octanol–water partition coefficient (Wildman–Crippen LogP) is 2.19. The lowest BCUT2D eigenvalue weighted by atomic mass is 9.80. The van der Waals surface area contributed by atoms with Crippen LogP contribution in [0.5, 0.6) is 0 Å². The Balaban J connectivity index is 1.68. The number of amides is 1. The molecule has 2 aliphatic rings. The molecule has 21 heavy (non-hydrogen) atoms. The minimum Gasteiger partial charge on any atom is -0.350 e. The second-order valence-electron chi connectivity index (χ2n) is 6.24. The number of likely N-dealkylation sites (tertiary alicyclic amines) is 1. The number of carbonyl (C=O) groups excluding carboxylic acids is 1. The van der Waals surface area contributed by atoms with Gasteiger partial charge in [-0.25, -0.2) is 8.78 Å². The van der Waals surface area contributed by atoms with E-state index >= 15 is 0 Å². The highest BCUT2D eigenvalue weighted by molar-refractivity contribution is 5.95. The fourth-order valence-corrected chi connectivity index (χ4v) is 2.69. The standard InChI is InChI=1S/C15H17F2NO3/c1-14(2)20-8-15(9-21-14)6-18(7-15)13(19)12-10(16)4-3-5-11(12)17/h3-5H,6-9H2,1-2H3. The highest BCUT2D eigenvalue weighted by Crippen LogP contribution is 2.38. The normalized spacial score (nSPS) is 23.0. The highest BCUT2D eigenvalue weighted by atomic mass is 19.1. The zero-order chi connectivity index (χ0) is 15.3. The van der Waals surface area contributed by atoms with Gasteiger partial charge in [0.1, 0.15) is 17.2 Å². The van der Waals surface area contributed by atoms with Crippen LogP contribution in [0, 0.1) is 17.0 Å². The van der Waals surface area contributed by atoms with Gasteiger partial charge < -0.3 is 14.4 Å². The van der Waals surface area contributed by atoms with E-state index in [2.05, 4.69) is 0 Å². The van der Waals surface area contributed by atoms with Gasteiger partial charge in [0.2, 0.25) is 0 Å². The second-order valence-corrected chi connectivity index (χ2v) is 6.24. The first-order valence-electron chi connectivity index (χ1n) is 6.83. The molecular formula is C15H17F2NO3. The van der Waals surface area contributed by atoms with Crippen LogP contribution in [-0.4, -0.2) is 42.9 Å². The Labute approximate surface area is 121 Å². The number of nitrogens with zero attached hydrogens (tertiary/aromatic N) is 1. The van der Waals surface area contributed by atoms with Crippen molar-refractivity contribution in [2.24, 2.45) is 5.41 Å². The highest BCUT2D eigenvalue weighted by Gasteiger charge is 2.50. The Hall–Kier alpha value is -1.53. The Morgan fingerprint density at radius 2 is 1.67 bits per heavy atom. The Morgan fingerprint density at radius 3 is 2.19 bits per heavy atom. The molecule has 0 saturated carbocycles. The van der Waals surface area contributed by atoms with Gasteiger partial charge in [-0.3, -0.25) is 4.79 Å². The summed E-state index contributed by atoms with van der Waals surface area (Å²) in [6.07, 6.45) is 0. The molecule has 2 aliphatic heterocycles.